The van der Waals surface area contributed by atoms with E-state index in [1.165, 1.54) is 11.8 Å². The predicted octanol–water partition coefficient (Wildman–Crippen LogP) is 1.07. The minimum absolute atomic E-state index is 0.00454. The SMILES string of the molecule is CCOC(=O)CC1=C(C(=O)OCC)C(=O)CS1. The number of ether oxygens (including phenoxy) is 2. The van der Waals surface area contributed by atoms with Crippen molar-refractivity contribution in [2.75, 3.05) is 19.0 Å². The van der Waals surface area contributed by atoms with E-state index in [1.807, 2.05) is 0 Å². The van der Waals surface area contributed by atoms with Crippen LogP contribution < -0.4 is 0 Å². The summed E-state index contributed by atoms with van der Waals surface area (Å²) in [4.78, 5) is 34.8. The number of carbonyl (C=O) groups excluding carboxylic acids is 3. The number of thioether (sulfide) groups is 1. The van der Waals surface area contributed by atoms with Crippen LogP contribution in [0.15, 0.2) is 10.5 Å². The molecule has 6 heteroatoms. The van der Waals surface area contributed by atoms with Crippen LogP contribution in [0.4, 0.5) is 0 Å². The number of Topliss-reactive ketones (excluding diaryl/α,β-unsaturated/α-hetero) is 1. The highest BCUT2D eigenvalue weighted by molar-refractivity contribution is 8.04. The van der Waals surface area contributed by atoms with Gasteiger partial charge in [0.2, 0.25) is 0 Å². The summed E-state index contributed by atoms with van der Waals surface area (Å²) >= 11 is 1.20. The highest BCUT2D eigenvalue weighted by Gasteiger charge is 2.31. The molecule has 0 bridgehead atoms. The smallest absolute Gasteiger partial charge is 0.342 e. The van der Waals surface area contributed by atoms with Crippen LogP contribution in [0.2, 0.25) is 0 Å². The molecule has 0 aliphatic carbocycles. The number of esters is 2. The Labute approximate surface area is 104 Å². The van der Waals surface area contributed by atoms with Crippen LogP contribution in [0.25, 0.3) is 0 Å². The van der Waals surface area contributed by atoms with Crippen molar-refractivity contribution < 1.29 is 23.9 Å². The van der Waals surface area contributed by atoms with E-state index in [4.69, 9.17) is 9.47 Å². The summed E-state index contributed by atoms with van der Waals surface area (Å²) in [5.74, 6) is -1.19. The Morgan fingerprint density at radius 2 is 1.88 bits per heavy atom. The summed E-state index contributed by atoms with van der Waals surface area (Å²) in [6.45, 7) is 3.84. The summed E-state index contributed by atoms with van der Waals surface area (Å²) < 4.78 is 9.56. The van der Waals surface area contributed by atoms with Gasteiger partial charge in [0.05, 0.1) is 25.4 Å². The molecule has 0 aromatic rings. The first kappa shape index (κ1) is 13.8. The Balaban J connectivity index is 2.80. The Morgan fingerprint density at radius 1 is 1.24 bits per heavy atom. The maximum Gasteiger partial charge on any atom is 0.342 e. The molecule has 1 heterocycles. The van der Waals surface area contributed by atoms with E-state index in [-0.39, 0.29) is 36.7 Å². The minimum atomic E-state index is -0.651. The third-order valence-electron chi connectivity index (χ3n) is 2.02. The molecule has 0 fully saturated rings. The molecule has 0 unspecified atom stereocenters. The van der Waals surface area contributed by atoms with Crippen LogP contribution >= 0.6 is 11.8 Å². The molecule has 94 valence electrons. The maximum atomic E-state index is 11.5. The fraction of sp³-hybridized carbons (Fsp3) is 0.545. The van der Waals surface area contributed by atoms with Gasteiger partial charge in [-0.1, -0.05) is 0 Å². The lowest BCUT2D eigenvalue weighted by molar-refractivity contribution is -0.142. The fourth-order valence-electron chi connectivity index (χ4n) is 1.37. The molecule has 0 saturated heterocycles. The van der Waals surface area contributed by atoms with Gasteiger partial charge in [0.25, 0.3) is 0 Å². The van der Waals surface area contributed by atoms with Crippen LogP contribution in [-0.2, 0) is 23.9 Å². The molecule has 0 N–H and O–H groups in total. The van der Waals surface area contributed by atoms with Gasteiger partial charge in [0.15, 0.2) is 5.78 Å². The zero-order valence-electron chi connectivity index (χ0n) is 9.78. The van der Waals surface area contributed by atoms with Crippen LogP contribution in [0.3, 0.4) is 0 Å². The number of ketones is 1. The van der Waals surface area contributed by atoms with Crippen molar-refractivity contribution in [2.45, 2.75) is 20.3 Å². The van der Waals surface area contributed by atoms with Crippen molar-refractivity contribution in [1.29, 1.82) is 0 Å². The van der Waals surface area contributed by atoms with Crippen LogP contribution in [0, 0.1) is 0 Å². The molecular weight excluding hydrogens is 244 g/mol. The molecular formula is C11H14O5S. The lowest BCUT2D eigenvalue weighted by atomic mass is 10.1. The second-order valence-corrected chi connectivity index (χ2v) is 4.28. The Bertz CT molecular complexity index is 372. The molecule has 0 spiro atoms. The maximum absolute atomic E-state index is 11.5. The number of carbonyl (C=O) groups is 3. The van der Waals surface area contributed by atoms with Gasteiger partial charge in [-0.05, 0) is 13.8 Å². The summed E-state index contributed by atoms with van der Waals surface area (Å²) in [5, 5.41) is 0. The van der Waals surface area contributed by atoms with E-state index < -0.39 is 11.9 Å². The molecule has 0 radical (unpaired) electrons. The van der Waals surface area contributed by atoms with E-state index in [1.54, 1.807) is 13.8 Å². The second kappa shape index (κ2) is 6.44. The van der Waals surface area contributed by atoms with Crippen LogP contribution in [0.1, 0.15) is 20.3 Å². The molecule has 0 amide bonds. The largest absolute Gasteiger partial charge is 0.466 e. The average Bonchev–Trinajstić information content (AvgIpc) is 2.60. The average molecular weight is 258 g/mol. The van der Waals surface area contributed by atoms with Gasteiger partial charge in [0, 0.05) is 4.91 Å². The monoisotopic (exact) mass is 258 g/mol. The summed E-state index contributed by atoms with van der Waals surface area (Å²) in [6.07, 6.45) is -0.0433. The van der Waals surface area contributed by atoms with E-state index in [0.29, 0.717) is 4.91 Å². The quantitative estimate of drug-likeness (QED) is 0.542. The summed E-state index contributed by atoms with van der Waals surface area (Å²) in [7, 11) is 0. The van der Waals surface area contributed by atoms with Gasteiger partial charge in [-0.25, -0.2) is 4.79 Å². The molecule has 5 nitrogen and oxygen atoms in total. The first-order valence-electron chi connectivity index (χ1n) is 5.32. The summed E-state index contributed by atoms with van der Waals surface area (Å²) in [6, 6.07) is 0. The minimum Gasteiger partial charge on any atom is -0.466 e. The highest BCUT2D eigenvalue weighted by atomic mass is 32.2. The molecule has 17 heavy (non-hydrogen) atoms. The fourth-order valence-corrected chi connectivity index (χ4v) is 2.38. The zero-order valence-corrected chi connectivity index (χ0v) is 10.6. The van der Waals surface area contributed by atoms with Gasteiger partial charge < -0.3 is 9.47 Å². The molecule has 0 atom stereocenters. The molecule has 1 aliphatic rings. The number of hydrogen-bond acceptors (Lipinski definition) is 6. The van der Waals surface area contributed by atoms with Crippen molar-refractivity contribution in [1.82, 2.24) is 0 Å². The topological polar surface area (TPSA) is 69.7 Å². The van der Waals surface area contributed by atoms with Crippen molar-refractivity contribution in [2.24, 2.45) is 0 Å². The van der Waals surface area contributed by atoms with Gasteiger partial charge in [-0.3, -0.25) is 9.59 Å². The molecule has 1 aliphatic heterocycles. The molecule has 0 saturated carbocycles. The van der Waals surface area contributed by atoms with Crippen molar-refractivity contribution >= 4 is 29.5 Å². The normalized spacial score (nSPS) is 15.1. The van der Waals surface area contributed by atoms with Gasteiger partial charge in [-0.15, -0.1) is 11.8 Å². The third-order valence-corrected chi connectivity index (χ3v) is 3.13. The zero-order chi connectivity index (χ0) is 12.8. The first-order valence-corrected chi connectivity index (χ1v) is 6.30. The standard InChI is InChI=1S/C11H14O5S/c1-3-15-9(13)5-8-10(7(12)6-17-8)11(14)16-4-2/h3-6H2,1-2H3. The predicted molar refractivity (Wildman–Crippen MR) is 62.4 cm³/mol. The number of rotatable bonds is 5. The first-order chi connectivity index (χ1) is 8.10. The van der Waals surface area contributed by atoms with Crippen LogP contribution in [-0.4, -0.2) is 36.7 Å². The Kier molecular flexibility index (Phi) is 5.21. The van der Waals surface area contributed by atoms with E-state index in [2.05, 4.69) is 0 Å². The molecule has 1 rings (SSSR count). The molecule has 0 aromatic heterocycles. The van der Waals surface area contributed by atoms with Crippen molar-refractivity contribution in [3.05, 3.63) is 10.5 Å². The summed E-state index contributed by atoms with van der Waals surface area (Å²) in [5.41, 5.74) is 0.00454. The van der Waals surface area contributed by atoms with E-state index in [9.17, 15) is 14.4 Å². The molecule has 0 aromatic carbocycles. The Hall–Kier alpha value is -1.30. The second-order valence-electron chi connectivity index (χ2n) is 3.21. The van der Waals surface area contributed by atoms with E-state index in [0.717, 1.165) is 0 Å². The van der Waals surface area contributed by atoms with Gasteiger partial charge in [0.1, 0.15) is 5.57 Å². The Morgan fingerprint density at radius 3 is 2.47 bits per heavy atom. The third kappa shape index (κ3) is 3.59. The number of hydrogen-bond donors (Lipinski definition) is 0. The van der Waals surface area contributed by atoms with Crippen molar-refractivity contribution in [3.8, 4) is 0 Å². The van der Waals surface area contributed by atoms with E-state index >= 15 is 0 Å². The highest BCUT2D eigenvalue weighted by Crippen LogP contribution is 2.32. The lowest BCUT2D eigenvalue weighted by Crippen LogP contribution is -2.15. The van der Waals surface area contributed by atoms with Crippen LogP contribution in [0.5, 0.6) is 0 Å². The van der Waals surface area contributed by atoms with Crippen molar-refractivity contribution in [3.63, 3.8) is 0 Å². The lowest BCUT2D eigenvalue weighted by Gasteiger charge is -2.05. The van der Waals surface area contributed by atoms with Gasteiger partial charge >= 0.3 is 11.9 Å². The van der Waals surface area contributed by atoms with Gasteiger partial charge in [-0.2, -0.15) is 0 Å².